The van der Waals surface area contributed by atoms with Gasteiger partial charge in [-0.05, 0) is 43.5 Å². The van der Waals surface area contributed by atoms with Crippen LogP contribution in [-0.2, 0) is 10.0 Å². The van der Waals surface area contributed by atoms with Crippen LogP contribution in [-0.4, -0.2) is 27.9 Å². The van der Waals surface area contributed by atoms with Gasteiger partial charge in [-0.2, -0.15) is 0 Å². The number of carbonyl (C=O) groups is 1. The molecule has 5 nitrogen and oxygen atoms in total. The maximum atomic E-state index is 12.0. The van der Waals surface area contributed by atoms with Crippen molar-refractivity contribution in [1.29, 1.82) is 0 Å². The van der Waals surface area contributed by atoms with Crippen LogP contribution >= 0.6 is 11.6 Å². The van der Waals surface area contributed by atoms with Crippen LogP contribution in [0.15, 0.2) is 23.1 Å². The maximum absolute atomic E-state index is 12.0. The summed E-state index contributed by atoms with van der Waals surface area (Å²) >= 11 is 5.87. The van der Waals surface area contributed by atoms with Crippen LogP contribution in [0, 0.1) is 11.8 Å². The van der Waals surface area contributed by atoms with E-state index in [2.05, 4.69) is 17.0 Å². The van der Waals surface area contributed by atoms with Gasteiger partial charge < -0.3 is 5.32 Å². The Morgan fingerprint density at radius 1 is 1.45 bits per heavy atom. The molecule has 2 N–H and O–H groups in total. The predicted molar refractivity (Wildman–Crippen MR) is 77.3 cm³/mol. The van der Waals surface area contributed by atoms with Crippen molar-refractivity contribution in [2.45, 2.75) is 18.2 Å². The van der Waals surface area contributed by atoms with Gasteiger partial charge in [0.1, 0.15) is 4.90 Å². The first kappa shape index (κ1) is 15.3. The topological polar surface area (TPSA) is 75.3 Å². The Morgan fingerprint density at radius 3 is 2.65 bits per heavy atom. The van der Waals surface area contributed by atoms with E-state index in [4.69, 9.17) is 11.6 Å². The van der Waals surface area contributed by atoms with E-state index in [0.717, 1.165) is 6.42 Å². The van der Waals surface area contributed by atoms with Gasteiger partial charge in [-0.1, -0.05) is 18.5 Å². The van der Waals surface area contributed by atoms with Crippen LogP contribution in [0.5, 0.6) is 0 Å². The molecule has 0 unspecified atom stereocenters. The second-order valence-electron chi connectivity index (χ2n) is 5.04. The Balaban J connectivity index is 2.16. The molecule has 110 valence electrons. The van der Waals surface area contributed by atoms with Crippen molar-refractivity contribution in [2.75, 3.05) is 13.6 Å². The number of benzene rings is 1. The molecule has 0 bridgehead atoms. The van der Waals surface area contributed by atoms with Crippen molar-refractivity contribution in [1.82, 2.24) is 10.0 Å². The minimum Gasteiger partial charge on any atom is -0.352 e. The number of nitrogens with one attached hydrogen (secondary N) is 2. The van der Waals surface area contributed by atoms with Crippen molar-refractivity contribution in [3.8, 4) is 0 Å². The Hall–Kier alpha value is -1.11. The second kappa shape index (κ2) is 5.71. The Kier molecular flexibility index (Phi) is 4.36. The lowest BCUT2D eigenvalue weighted by Gasteiger charge is -2.08. The molecule has 1 fully saturated rings. The highest BCUT2D eigenvalue weighted by molar-refractivity contribution is 7.89. The molecule has 7 heteroatoms. The molecule has 0 aromatic heterocycles. The summed E-state index contributed by atoms with van der Waals surface area (Å²) in [5, 5.41) is 2.90. The predicted octanol–water partition coefficient (Wildman–Crippen LogP) is 1.63. The van der Waals surface area contributed by atoms with E-state index in [-0.39, 0.29) is 21.4 Å². The molecule has 0 aliphatic heterocycles. The van der Waals surface area contributed by atoms with E-state index in [0.29, 0.717) is 18.4 Å². The lowest BCUT2D eigenvalue weighted by Crippen LogP contribution is -2.26. The van der Waals surface area contributed by atoms with Crippen molar-refractivity contribution in [2.24, 2.45) is 11.8 Å². The first-order valence-electron chi connectivity index (χ1n) is 6.36. The molecule has 1 amide bonds. The van der Waals surface area contributed by atoms with Gasteiger partial charge in [0.2, 0.25) is 10.0 Å². The Morgan fingerprint density at radius 2 is 2.10 bits per heavy atom. The number of hydrogen-bond donors (Lipinski definition) is 2. The third-order valence-corrected chi connectivity index (χ3v) is 5.45. The fourth-order valence-electron chi connectivity index (χ4n) is 1.97. The van der Waals surface area contributed by atoms with E-state index in [1.807, 2.05) is 0 Å². The van der Waals surface area contributed by atoms with E-state index < -0.39 is 10.0 Å². The van der Waals surface area contributed by atoms with E-state index in [1.165, 1.54) is 25.2 Å². The zero-order valence-corrected chi connectivity index (χ0v) is 12.9. The summed E-state index contributed by atoms with van der Waals surface area (Å²) in [4.78, 5) is 11.9. The van der Waals surface area contributed by atoms with Crippen LogP contribution in [0.3, 0.4) is 0 Å². The van der Waals surface area contributed by atoms with Crippen LogP contribution < -0.4 is 10.0 Å². The van der Waals surface area contributed by atoms with Gasteiger partial charge in [-0.25, -0.2) is 13.1 Å². The lowest BCUT2D eigenvalue weighted by molar-refractivity contribution is 0.0951. The average molecular weight is 317 g/mol. The third kappa shape index (κ3) is 3.31. The third-order valence-electron chi connectivity index (χ3n) is 3.55. The van der Waals surface area contributed by atoms with Gasteiger partial charge in [0.15, 0.2) is 0 Å². The van der Waals surface area contributed by atoms with Gasteiger partial charge in [0.25, 0.3) is 5.91 Å². The quantitative estimate of drug-likeness (QED) is 0.867. The van der Waals surface area contributed by atoms with Gasteiger partial charge in [0.05, 0.1) is 5.02 Å². The molecule has 20 heavy (non-hydrogen) atoms. The highest BCUT2D eigenvalue weighted by Crippen LogP contribution is 2.36. The zero-order valence-electron chi connectivity index (χ0n) is 11.3. The standard InChI is InChI=1S/C13H17ClN2O3S/c1-8-5-10(8)7-16-13(17)9-3-4-11(14)12(6-9)20(18,19)15-2/h3-4,6,8,10,15H,5,7H2,1-2H3,(H,16,17)/t8-,10-/m1/s1. The first-order chi connectivity index (χ1) is 9.35. The molecule has 0 spiro atoms. The number of sulfonamides is 1. The minimum atomic E-state index is -3.67. The molecule has 2 atom stereocenters. The Labute approximate surface area is 123 Å². The van der Waals surface area contributed by atoms with Crippen molar-refractivity contribution in [3.05, 3.63) is 28.8 Å². The smallest absolute Gasteiger partial charge is 0.251 e. The number of amides is 1. The largest absolute Gasteiger partial charge is 0.352 e. The molecule has 1 aliphatic carbocycles. The van der Waals surface area contributed by atoms with Gasteiger partial charge in [-0.3, -0.25) is 4.79 Å². The fourth-order valence-corrected chi connectivity index (χ4v) is 3.22. The molecule has 1 saturated carbocycles. The normalized spacial score (nSPS) is 21.6. The molecule has 0 heterocycles. The molecule has 0 radical (unpaired) electrons. The molecule has 0 saturated heterocycles. The van der Waals surface area contributed by atoms with Crippen LogP contribution in [0.1, 0.15) is 23.7 Å². The SMILES string of the molecule is CNS(=O)(=O)c1cc(C(=O)NC[C@H]2C[C@H]2C)ccc1Cl. The van der Waals surface area contributed by atoms with E-state index in [1.54, 1.807) is 0 Å². The van der Waals surface area contributed by atoms with Crippen molar-refractivity contribution in [3.63, 3.8) is 0 Å². The maximum Gasteiger partial charge on any atom is 0.251 e. The monoisotopic (exact) mass is 316 g/mol. The summed E-state index contributed by atoms with van der Waals surface area (Å²) < 4.78 is 25.8. The van der Waals surface area contributed by atoms with E-state index in [9.17, 15) is 13.2 Å². The second-order valence-corrected chi connectivity index (χ2v) is 7.30. The first-order valence-corrected chi connectivity index (χ1v) is 8.22. The molecular formula is C13H17ClN2O3S. The van der Waals surface area contributed by atoms with Crippen LogP contribution in [0.4, 0.5) is 0 Å². The molecular weight excluding hydrogens is 300 g/mol. The highest BCUT2D eigenvalue weighted by atomic mass is 35.5. The molecule has 2 rings (SSSR count). The van der Waals surface area contributed by atoms with E-state index >= 15 is 0 Å². The van der Waals surface area contributed by atoms with Crippen molar-refractivity contribution >= 4 is 27.5 Å². The summed E-state index contributed by atoms with van der Waals surface area (Å²) in [6.45, 7) is 2.76. The summed E-state index contributed by atoms with van der Waals surface area (Å²) in [6.07, 6.45) is 1.13. The summed E-state index contributed by atoms with van der Waals surface area (Å²) in [6, 6.07) is 4.23. The number of hydrogen-bond acceptors (Lipinski definition) is 3. The average Bonchev–Trinajstić information content (AvgIpc) is 3.12. The van der Waals surface area contributed by atoms with Gasteiger partial charge >= 0.3 is 0 Å². The van der Waals surface area contributed by atoms with Crippen molar-refractivity contribution < 1.29 is 13.2 Å². The molecule has 1 aromatic rings. The number of rotatable bonds is 5. The zero-order chi connectivity index (χ0) is 14.9. The number of carbonyl (C=O) groups excluding carboxylic acids is 1. The minimum absolute atomic E-state index is 0.0888. The number of halogens is 1. The van der Waals surface area contributed by atoms with Gasteiger partial charge in [-0.15, -0.1) is 0 Å². The molecule has 1 aromatic carbocycles. The van der Waals surface area contributed by atoms with Gasteiger partial charge in [0, 0.05) is 12.1 Å². The summed E-state index contributed by atoms with van der Waals surface area (Å²) in [5.74, 6) is 0.904. The van der Waals surface area contributed by atoms with Crippen LogP contribution in [0.2, 0.25) is 5.02 Å². The summed E-state index contributed by atoms with van der Waals surface area (Å²) in [7, 11) is -2.38. The fraction of sp³-hybridized carbons (Fsp3) is 0.462. The Bertz CT molecular complexity index is 631. The highest BCUT2D eigenvalue weighted by Gasteiger charge is 2.32. The van der Waals surface area contributed by atoms with Crippen LogP contribution in [0.25, 0.3) is 0 Å². The lowest BCUT2D eigenvalue weighted by atomic mass is 10.2. The molecule has 1 aliphatic rings. The summed E-state index contributed by atoms with van der Waals surface area (Å²) in [5.41, 5.74) is 0.288.